The number of hydrogen-bond donors (Lipinski definition) is 0. The third-order valence-electron chi connectivity index (χ3n) is 5.37. The van der Waals surface area contributed by atoms with E-state index in [2.05, 4.69) is 37.5 Å². The summed E-state index contributed by atoms with van der Waals surface area (Å²) >= 11 is 0. The van der Waals surface area contributed by atoms with Gasteiger partial charge in [0, 0.05) is 6.20 Å². The summed E-state index contributed by atoms with van der Waals surface area (Å²) in [5, 5.41) is 4.58. The second kappa shape index (κ2) is 5.43. The Bertz CT molecular complexity index is 474. The largest absolute Gasteiger partial charge is 0.514 e. The zero-order valence-electron chi connectivity index (χ0n) is 13.8. The van der Waals surface area contributed by atoms with Crippen molar-refractivity contribution in [3.63, 3.8) is 0 Å². The highest BCUT2D eigenvalue weighted by Crippen LogP contribution is 2.37. The molecule has 0 aromatic carbocycles. The minimum atomic E-state index is -0.305. The van der Waals surface area contributed by atoms with E-state index in [4.69, 9.17) is 9.31 Å². The van der Waals surface area contributed by atoms with Crippen LogP contribution in [0.3, 0.4) is 0 Å². The van der Waals surface area contributed by atoms with Crippen molar-refractivity contribution in [2.24, 2.45) is 0 Å². The summed E-state index contributed by atoms with van der Waals surface area (Å²) in [4.78, 5) is 0. The Morgan fingerprint density at radius 3 is 2.19 bits per heavy atom. The van der Waals surface area contributed by atoms with Crippen molar-refractivity contribution in [1.29, 1.82) is 0 Å². The van der Waals surface area contributed by atoms with Crippen molar-refractivity contribution >= 4 is 12.7 Å². The van der Waals surface area contributed by atoms with Gasteiger partial charge >= 0.3 is 7.12 Å². The molecule has 0 unspecified atom stereocenters. The lowest BCUT2D eigenvalue weighted by atomic mass is 9.84. The van der Waals surface area contributed by atoms with Gasteiger partial charge in [-0.1, -0.05) is 25.7 Å². The van der Waals surface area contributed by atoms with Gasteiger partial charge in [-0.3, -0.25) is 4.68 Å². The van der Waals surface area contributed by atoms with Gasteiger partial charge in [0.15, 0.2) is 0 Å². The Balaban J connectivity index is 1.83. The van der Waals surface area contributed by atoms with E-state index in [1.165, 1.54) is 38.5 Å². The molecule has 0 spiro atoms. The molecule has 1 aromatic heterocycles. The first-order valence-corrected chi connectivity index (χ1v) is 8.30. The van der Waals surface area contributed by atoms with Crippen LogP contribution >= 0.6 is 0 Å². The fraction of sp³-hybridized carbons (Fsp3) is 0.812. The molecule has 2 heterocycles. The predicted octanol–water partition coefficient (Wildman–Crippen LogP) is 3.08. The smallest absolute Gasteiger partial charge is 0.398 e. The van der Waals surface area contributed by atoms with E-state index in [1.807, 2.05) is 12.3 Å². The van der Waals surface area contributed by atoms with Gasteiger partial charge in [0.05, 0.1) is 22.8 Å². The molecule has 5 heteroatoms. The van der Waals surface area contributed by atoms with Crippen LogP contribution in [-0.2, 0) is 9.31 Å². The maximum Gasteiger partial charge on any atom is 0.514 e. The summed E-state index contributed by atoms with van der Waals surface area (Å²) in [6, 6.07) is 2.55. The van der Waals surface area contributed by atoms with Gasteiger partial charge in [-0.15, -0.1) is 0 Å². The number of aromatic nitrogens is 2. The van der Waals surface area contributed by atoms with E-state index >= 15 is 0 Å². The Hall–Kier alpha value is -0.805. The van der Waals surface area contributed by atoms with Gasteiger partial charge in [0.25, 0.3) is 0 Å². The second-order valence-electron chi connectivity index (χ2n) is 7.43. The van der Waals surface area contributed by atoms with Crippen LogP contribution < -0.4 is 5.59 Å². The molecule has 2 aliphatic rings. The lowest BCUT2D eigenvalue weighted by molar-refractivity contribution is 0.00578. The summed E-state index contributed by atoms with van der Waals surface area (Å²) in [6.45, 7) is 8.39. The summed E-state index contributed by atoms with van der Waals surface area (Å²) in [5.41, 5.74) is 0.479. The zero-order chi connectivity index (χ0) is 15.1. The van der Waals surface area contributed by atoms with Crippen molar-refractivity contribution in [1.82, 2.24) is 9.78 Å². The van der Waals surface area contributed by atoms with Crippen molar-refractivity contribution in [2.45, 2.75) is 83.5 Å². The summed E-state index contributed by atoms with van der Waals surface area (Å²) in [6.07, 6.45) is 9.61. The summed E-state index contributed by atoms with van der Waals surface area (Å²) < 4.78 is 14.5. The van der Waals surface area contributed by atoms with Crippen LogP contribution in [0.25, 0.3) is 0 Å². The van der Waals surface area contributed by atoms with Crippen LogP contribution in [0.1, 0.15) is 72.3 Å². The molecule has 0 radical (unpaired) electrons. The van der Waals surface area contributed by atoms with Gasteiger partial charge in [-0.2, -0.15) is 5.10 Å². The van der Waals surface area contributed by atoms with E-state index in [1.54, 1.807) is 0 Å². The molecule has 21 heavy (non-hydrogen) atoms. The molecule has 1 saturated carbocycles. The molecule has 0 amide bonds. The third-order valence-corrected chi connectivity index (χ3v) is 5.37. The fourth-order valence-corrected chi connectivity index (χ4v) is 3.28. The third kappa shape index (κ3) is 2.78. The normalized spacial score (nSPS) is 26.0. The molecule has 3 rings (SSSR count). The highest BCUT2D eigenvalue weighted by atomic mass is 16.7. The van der Waals surface area contributed by atoms with Gasteiger partial charge in [0.1, 0.15) is 0 Å². The van der Waals surface area contributed by atoms with E-state index < -0.39 is 0 Å². The number of hydrogen-bond acceptors (Lipinski definition) is 3. The topological polar surface area (TPSA) is 36.3 Å². The maximum atomic E-state index is 6.19. The van der Waals surface area contributed by atoms with E-state index in [0.29, 0.717) is 6.04 Å². The molecule has 2 fully saturated rings. The minimum Gasteiger partial charge on any atom is -0.398 e. The average molecular weight is 290 g/mol. The van der Waals surface area contributed by atoms with Crippen LogP contribution in [0.4, 0.5) is 0 Å². The molecular formula is C16H27BN2O2. The second-order valence-corrected chi connectivity index (χ2v) is 7.43. The Labute approximate surface area is 128 Å². The molecule has 0 N–H and O–H groups in total. The highest BCUT2D eigenvalue weighted by molar-refractivity contribution is 6.61. The lowest BCUT2D eigenvalue weighted by Crippen LogP contribution is -2.41. The Kier molecular flexibility index (Phi) is 3.91. The van der Waals surface area contributed by atoms with Gasteiger partial charge in [-0.25, -0.2) is 0 Å². The van der Waals surface area contributed by atoms with Crippen LogP contribution in [0.15, 0.2) is 12.3 Å². The first kappa shape index (κ1) is 15.1. The van der Waals surface area contributed by atoms with Crippen molar-refractivity contribution < 1.29 is 9.31 Å². The predicted molar refractivity (Wildman–Crippen MR) is 84.7 cm³/mol. The van der Waals surface area contributed by atoms with Gasteiger partial charge < -0.3 is 9.31 Å². The molecule has 1 saturated heterocycles. The maximum absolute atomic E-state index is 6.19. The number of nitrogens with zero attached hydrogens (tertiary/aromatic N) is 2. The van der Waals surface area contributed by atoms with E-state index in [9.17, 15) is 0 Å². The molecule has 1 aliphatic heterocycles. The summed E-state index contributed by atoms with van der Waals surface area (Å²) in [7, 11) is -0.305. The van der Waals surface area contributed by atoms with Gasteiger partial charge in [0.2, 0.25) is 0 Å². The van der Waals surface area contributed by atoms with Crippen LogP contribution in [0.5, 0.6) is 0 Å². The van der Waals surface area contributed by atoms with Crippen LogP contribution in [0, 0.1) is 0 Å². The van der Waals surface area contributed by atoms with Crippen LogP contribution in [0.2, 0.25) is 0 Å². The van der Waals surface area contributed by atoms with E-state index in [-0.39, 0.29) is 18.3 Å². The first-order chi connectivity index (χ1) is 9.91. The monoisotopic (exact) mass is 290 g/mol. The van der Waals surface area contributed by atoms with Crippen molar-refractivity contribution in [3.05, 3.63) is 12.3 Å². The zero-order valence-corrected chi connectivity index (χ0v) is 13.8. The molecule has 1 aromatic rings. The SMILES string of the molecule is CC1(C)OB(c2ccnn2C2CCCCCC2)OC1(C)C. The molecule has 0 atom stereocenters. The molecule has 4 nitrogen and oxygen atoms in total. The van der Waals surface area contributed by atoms with Crippen molar-refractivity contribution in [3.8, 4) is 0 Å². The van der Waals surface area contributed by atoms with Crippen LogP contribution in [-0.4, -0.2) is 28.1 Å². The van der Waals surface area contributed by atoms with Gasteiger partial charge in [-0.05, 0) is 46.6 Å². The quantitative estimate of drug-likeness (QED) is 0.620. The highest BCUT2D eigenvalue weighted by Gasteiger charge is 2.53. The fourth-order valence-electron chi connectivity index (χ4n) is 3.28. The van der Waals surface area contributed by atoms with Crippen molar-refractivity contribution in [2.75, 3.05) is 0 Å². The molecule has 0 bridgehead atoms. The first-order valence-electron chi connectivity index (χ1n) is 8.30. The number of rotatable bonds is 2. The molecular weight excluding hydrogens is 263 g/mol. The Morgan fingerprint density at radius 2 is 1.62 bits per heavy atom. The molecule has 1 aliphatic carbocycles. The minimum absolute atomic E-state index is 0.295. The Morgan fingerprint density at radius 1 is 1.05 bits per heavy atom. The molecule has 116 valence electrons. The van der Waals surface area contributed by atoms with E-state index in [0.717, 1.165) is 5.59 Å². The standard InChI is InChI=1S/C16H27BN2O2/c1-15(2)16(3,4)21-17(20-15)14-11-12-18-19(14)13-9-7-5-6-8-10-13/h11-13H,5-10H2,1-4H3. The average Bonchev–Trinajstić information content (AvgIpc) is 2.83. The summed E-state index contributed by atoms with van der Waals surface area (Å²) in [5.74, 6) is 0. The lowest BCUT2D eigenvalue weighted by Gasteiger charge is -2.32.